The number of benzene rings is 1. The lowest BCUT2D eigenvalue weighted by atomic mass is 10.0. The van der Waals surface area contributed by atoms with E-state index >= 15 is 0 Å². The van der Waals surface area contributed by atoms with Crippen LogP contribution >= 0.6 is 11.8 Å². The maximum absolute atomic E-state index is 12.9. The predicted molar refractivity (Wildman–Crippen MR) is 116 cm³/mol. The van der Waals surface area contributed by atoms with Crippen LogP contribution in [0.1, 0.15) is 12.5 Å². The summed E-state index contributed by atoms with van der Waals surface area (Å²) in [5.41, 5.74) is 5.10. The molecule has 0 bridgehead atoms. The van der Waals surface area contributed by atoms with Crippen molar-refractivity contribution < 1.29 is 9.53 Å². The summed E-state index contributed by atoms with van der Waals surface area (Å²) in [4.78, 5) is 23.8. The Morgan fingerprint density at radius 1 is 1.21 bits per heavy atom. The first kappa shape index (κ1) is 18.3. The quantitative estimate of drug-likeness (QED) is 0.697. The number of morpholine rings is 1. The Kier molecular flexibility index (Phi) is 4.77. The van der Waals surface area contributed by atoms with E-state index in [2.05, 4.69) is 40.4 Å². The van der Waals surface area contributed by atoms with E-state index in [-0.39, 0.29) is 11.3 Å². The number of carbonyl (C=O) groups excluding carboxylic acids is 1. The monoisotopic (exact) mass is 406 g/mol. The van der Waals surface area contributed by atoms with E-state index in [9.17, 15) is 4.79 Å². The number of H-pyrrole nitrogens is 1. The number of nitrogens with one attached hydrogen (secondary N) is 2. The largest absolute Gasteiger partial charge is 0.378 e. The molecule has 1 amide bonds. The van der Waals surface area contributed by atoms with Gasteiger partial charge in [-0.05, 0) is 18.6 Å². The molecule has 0 aliphatic carbocycles. The predicted octanol–water partition coefficient (Wildman–Crippen LogP) is 3.44. The van der Waals surface area contributed by atoms with Crippen LogP contribution in [0, 0.1) is 0 Å². The molecular formula is C22H22N4O2S. The van der Waals surface area contributed by atoms with Gasteiger partial charge in [0.2, 0.25) is 0 Å². The van der Waals surface area contributed by atoms with E-state index in [1.54, 1.807) is 11.8 Å². The first-order valence-corrected chi connectivity index (χ1v) is 10.6. The zero-order valence-electron chi connectivity index (χ0n) is 16.1. The van der Waals surface area contributed by atoms with Gasteiger partial charge in [-0.3, -0.25) is 4.79 Å². The molecule has 0 radical (unpaired) electrons. The van der Waals surface area contributed by atoms with Crippen LogP contribution in [0.2, 0.25) is 0 Å². The van der Waals surface area contributed by atoms with Crippen molar-refractivity contribution in [2.24, 2.45) is 0 Å². The summed E-state index contributed by atoms with van der Waals surface area (Å²) in [6.07, 6.45) is 3.86. The van der Waals surface area contributed by atoms with Gasteiger partial charge in [-0.15, -0.1) is 0 Å². The molecule has 1 aromatic carbocycles. The maximum atomic E-state index is 12.9. The fraction of sp³-hybridized carbons (Fsp3) is 0.273. The molecule has 0 spiro atoms. The summed E-state index contributed by atoms with van der Waals surface area (Å²) < 4.78 is 5.37. The van der Waals surface area contributed by atoms with Gasteiger partial charge in [0, 0.05) is 46.9 Å². The van der Waals surface area contributed by atoms with Crippen molar-refractivity contribution in [1.82, 2.24) is 20.2 Å². The molecule has 2 N–H and O–H groups in total. The minimum absolute atomic E-state index is 0.121. The second-order valence-corrected chi connectivity index (χ2v) is 8.52. The lowest BCUT2D eigenvalue weighted by Crippen LogP contribution is -2.47. The van der Waals surface area contributed by atoms with E-state index in [4.69, 9.17) is 4.74 Å². The van der Waals surface area contributed by atoms with Gasteiger partial charge in [0.1, 0.15) is 5.65 Å². The Bertz CT molecular complexity index is 1090. The molecule has 1 fully saturated rings. The second kappa shape index (κ2) is 7.57. The highest BCUT2D eigenvalue weighted by Gasteiger charge is 2.33. The zero-order valence-corrected chi connectivity index (χ0v) is 17.0. The molecule has 3 aromatic rings. The molecule has 0 saturated carbocycles. The van der Waals surface area contributed by atoms with Gasteiger partial charge in [-0.2, -0.15) is 0 Å². The van der Waals surface area contributed by atoms with Crippen LogP contribution < -0.4 is 5.32 Å². The number of aromatic amines is 1. The average Bonchev–Trinajstić information content (AvgIpc) is 3.37. The van der Waals surface area contributed by atoms with E-state index in [1.807, 2.05) is 35.5 Å². The Hall–Kier alpha value is -2.77. The minimum atomic E-state index is -0.293. The number of hydrogen-bond donors (Lipinski definition) is 2. The number of carbonyl (C=O) groups is 1. The molecule has 7 heteroatoms. The Labute approximate surface area is 173 Å². The maximum Gasteiger partial charge on any atom is 0.256 e. The lowest BCUT2D eigenvalue weighted by Gasteiger charge is -2.29. The highest BCUT2D eigenvalue weighted by Crippen LogP contribution is 2.38. The molecule has 5 rings (SSSR count). The first-order chi connectivity index (χ1) is 14.2. The molecule has 4 heterocycles. The summed E-state index contributed by atoms with van der Waals surface area (Å²) in [5.74, 6) is 0.121. The van der Waals surface area contributed by atoms with Gasteiger partial charge in [-0.1, -0.05) is 42.1 Å². The molecule has 2 aliphatic heterocycles. The number of rotatable bonds is 3. The van der Waals surface area contributed by atoms with E-state index in [1.165, 1.54) is 0 Å². The molecular weight excluding hydrogens is 384 g/mol. The minimum Gasteiger partial charge on any atom is -0.378 e. The molecule has 1 atom stereocenters. The molecule has 1 unspecified atom stereocenters. The second-order valence-electron chi connectivity index (χ2n) is 7.20. The van der Waals surface area contributed by atoms with Gasteiger partial charge in [-0.25, -0.2) is 4.98 Å². The van der Waals surface area contributed by atoms with Crippen molar-refractivity contribution in [2.75, 3.05) is 26.3 Å². The van der Waals surface area contributed by atoms with E-state index < -0.39 is 0 Å². The average molecular weight is 407 g/mol. The van der Waals surface area contributed by atoms with Crippen molar-refractivity contribution >= 4 is 34.4 Å². The fourth-order valence-corrected chi connectivity index (χ4v) is 4.89. The van der Waals surface area contributed by atoms with Crippen molar-refractivity contribution in [3.05, 3.63) is 59.3 Å². The molecule has 6 nitrogen and oxygen atoms in total. The van der Waals surface area contributed by atoms with Gasteiger partial charge in [0.25, 0.3) is 5.91 Å². The fourth-order valence-electron chi connectivity index (χ4n) is 3.83. The highest BCUT2D eigenvalue weighted by molar-refractivity contribution is 8.04. The number of ether oxygens (including phenoxy) is 1. The lowest BCUT2D eigenvalue weighted by molar-refractivity contribution is -0.134. The SMILES string of the molecule is CC1=C(c2c[nH]c3ncc(-c4ccccc4)cc23)NC(C(=O)N2CCOCC2)S1. The third kappa shape index (κ3) is 3.41. The number of nitrogens with zero attached hydrogens (tertiary/aromatic N) is 2. The molecule has 29 heavy (non-hydrogen) atoms. The van der Waals surface area contributed by atoms with Crippen LogP contribution in [0.5, 0.6) is 0 Å². The number of fused-ring (bicyclic) bond motifs is 1. The summed E-state index contributed by atoms with van der Waals surface area (Å²) in [7, 11) is 0. The first-order valence-electron chi connectivity index (χ1n) is 9.74. The van der Waals surface area contributed by atoms with Gasteiger partial charge in [0.05, 0.1) is 18.9 Å². The van der Waals surface area contributed by atoms with Crippen LogP contribution in [-0.4, -0.2) is 52.5 Å². The third-order valence-corrected chi connectivity index (χ3v) is 6.49. The van der Waals surface area contributed by atoms with E-state index in [0.29, 0.717) is 26.3 Å². The Morgan fingerprint density at radius 2 is 2.00 bits per heavy atom. The molecule has 2 aromatic heterocycles. The van der Waals surface area contributed by atoms with Crippen LogP contribution in [0.3, 0.4) is 0 Å². The number of hydrogen-bond acceptors (Lipinski definition) is 5. The number of thioether (sulfide) groups is 1. The van der Waals surface area contributed by atoms with Gasteiger partial charge >= 0.3 is 0 Å². The Balaban J connectivity index is 1.44. The summed E-state index contributed by atoms with van der Waals surface area (Å²) in [6.45, 7) is 4.59. The standard InChI is InChI=1S/C22H22N4O2S/c1-14-19(25-21(29-14)22(27)26-7-9-28-10-8-26)18-13-24-20-17(18)11-16(12-23-20)15-5-3-2-4-6-15/h2-6,11-13,21,25H,7-10H2,1H3,(H,23,24). The van der Waals surface area contributed by atoms with Gasteiger partial charge < -0.3 is 19.9 Å². The highest BCUT2D eigenvalue weighted by atomic mass is 32.2. The zero-order chi connectivity index (χ0) is 19.8. The van der Waals surface area contributed by atoms with Gasteiger partial charge in [0.15, 0.2) is 5.37 Å². The van der Waals surface area contributed by atoms with Crippen LogP contribution in [0.4, 0.5) is 0 Å². The summed E-state index contributed by atoms with van der Waals surface area (Å²) in [6, 6.07) is 12.4. The third-order valence-electron chi connectivity index (χ3n) is 5.38. The normalized spacial score (nSPS) is 19.6. The smallest absolute Gasteiger partial charge is 0.256 e. The summed E-state index contributed by atoms with van der Waals surface area (Å²) in [5, 5.41) is 4.21. The number of pyridine rings is 1. The van der Waals surface area contributed by atoms with Crippen LogP contribution in [0.15, 0.2) is 53.7 Å². The number of amides is 1. The van der Waals surface area contributed by atoms with Crippen LogP contribution in [-0.2, 0) is 9.53 Å². The number of allylic oxidation sites excluding steroid dienone is 1. The van der Waals surface area contributed by atoms with Crippen molar-refractivity contribution in [3.63, 3.8) is 0 Å². The van der Waals surface area contributed by atoms with Crippen molar-refractivity contribution in [1.29, 1.82) is 0 Å². The van der Waals surface area contributed by atoms with Crippen molar-refractivity contribution in [2.45, 2.75) is 12.3 Å². The molecule has 1 saturated heterocycles. The van der Waals surface area contributed by atoms with Crippen molar-refractivity contribution in [3.8, 4) is 11.1 Å². The number of aromatic nitrogens is 2. The summed E-state index contributed by atoms with van der Waals surface area (Å²) >= 11 is 1.58. The van der Waals surface area contributed by atoms with Crippen LogP contribution in [0.25, 0.3) is 27.9 Å². The molecule has 148 valence electrons. The molecule has 2 aliphatic rings. The Morgan fingerprint density at radius 3 is 2.79 bits per heavy atom. The topological polar surface area (TPSA) is 70.2 Å². The van der Waals surface area contributed by atoms with E-state index in [0.717, 1.165) is 38.3 Å².